The zero-order valence-corrected chi connectivity index (χ0v) is 48.2. The molecule has 0 amide bonds. The number of hydrogen-bond acceptors (Lipinski definition) is 3. The maximum absolute atomic E-state index is 10.3. The molecule has 0 unspecified atom stereocenters. The number of anilines is 4. The fourth-order valence-corrected chi connectivity index (χ4v) is 13.7. The highest BCUT2D eigenvalue weighted by atomic mass is 15.2. The van der Waals surface area contributed by atoms with Gasteiger partial charge in [0.1, 0.15) is 0 Å². The molecule has 0 radical (unpaired) electrons. The third-order valence-electron chi connectivity index (χ3n) is 17.8. The smallest absolute Gasteiger partial charge is 0.252 e. The van der Waals surface area contributed by atoms with Crippen molar-refractivity contribution < 1.29 is 11.0 Å². The molecule has 0 saturated heterocycles. The highest BCUT2D eigenvalue weighted by molar-refractivity contribution is 7.00. The summed E-state index contributed by atoms with van der Waals surface area (Å²) in [5, 5.41) is 10.3. The van der Waals surface area contributed by atoms with Crippen LogP contribution in [0.2, 0.25) is 0 Å². The number of rotatable bonds is 12. The maximum Gasteiger partial charge on any atom is 0.252 e. The van der Waals surface area contributed by atoms with E-state index in [2.05, 4.69) is 203 Å². The Balaban J connectivity index is 1.05. The molecule has 0 atom stereocenters. The van der Waals surface area contributed by atoms with E-state index >= 15 is 0 Å². The first-order valence-electron chi connectivity index (χ1n) is 33.8. The van der Waals surface area contributed by atoms with E-state index in [-0.39, 0.29) is 40.4 Å². The van der Waals surface area contributed by atoms with Gasteiger partial charge < -0.3 is 14.4 Å². The minimum Gasteiger partial charge on any atom is -0.338 e. The molecule has 0 N–H and O–H groups in total. The first kappa shape index (κ1) is 44.7. The van der Waals surface area contributed by atoms with Crippen LogP contribution in [0.25, 0.3) is 93.4 Å². The predicted molar refractivity (Wildman–Crippen MR) is 371 cm³/mol. The van der Waals surface area contributed by atoms with Gasteiger partial charge >= 0.3 is 0 Å². The van der Waals surface area contributed by atoms with Crippen LogP contribution in [-0.2, 0) is 19.6 Å². The van der Waals surface area contributed by atoms with Crippen LogP contribution in [0, 0.1) is 17.9 Å². The number of nitriles is 1. The van der Waals surface area contributed by atoms with Crippen molar-refractivity contribution in [2.75, 3.05) is 9.80 Å². The van der Waals surface area contributed by atoms with E-state index in [9.17, 15) is 10.7 Å². The number of hydrogen-bond donors (Lipinski definition) is 0. The lowest BCUT2D eigenvalue weighted by molar-refractivity contribution is 0.864. The summed E-state index contributed by atoms with van der Waals surface area (Å²) in [6, 6.07) is 86.6. The van der Waals surface area contributed by atoms with Crippen molar-refractivity contribution in [2.45, 2.75) is 19.6 Å². The van der Waals surface area contributed by atoms with Gasteiger partial charge in [-0.1, -0.05) is 249 Å². The van der Waals surface area contributed by atoms with Gasteiger partial charge in [0.2, 0.25) is 0 Å². The highest BCUT2D eigenvalue weighted by Crippen LogP contribution is 2.46. The average Bonchev–Trinajstić information content (AvgIpc) is 1.60. The second kappa shape index (κ2) is 22.3. The Morgan fingerprint density at radius 3 is 1.25 bits per heavy atom. The van der Waals surface area contributed by atoms with Crippen LogP contribution in [0.15, 0.2) is 303 Å². The molecule has 0 aliphatic carbocycles. The second-order valence-electron chi connectivity index (χ2n) is 22.7. The predicted octanol–water partition coefficient (Wildman–Crippen LogP) is 19.1. The Morgan fingerprint density at radius 2 is 0.798 bits per heavy atom. The lowest BCUT2D eigenvalue weighted by atomic mass is 9.33. The Bertz CT molecular complexity index is 5200. The van der Waals surface area contributed by atoms with Crippen LogP contribution in [0.4, 0.5) is 28.4 Å². The van der Waals surface area contributed by atoms with Crippen molar-refractivity contribution in [3.8, 4) is 72.8 Å². The molecule has 2 aliphatic rings. The third kappa shape index (κ3) is 9.35. The van der Waals surface area contributed by atoms with Crippen molar-refractivity contribution in [3.63, 3.8) is 0 Å². The van der Waals surface area contributed by atoms with Crippen molar-refractivity contribution in [2.24, 2.45) is 0 Å². The minimum atomic E-state index is -0.507. The van der Waals surface area contributed by atoms with Crippen LogP contribution in [0.5, 0.6) is 0 Å². The van der Waals surface area contributed by atoms with Crippen molar-refractivity contribution >= 4 is 73.3 Å². The number of fused-ring (bicyclic) bond motifs is 7. The van der Waals surface area contributed by atoms with Crippen LogP contribution < -0.4 is 26.2 Å². The fourth-order valence-electron chi connectivity index (χ4n) is 13.7. The summed E-state index contributed by atoms with van der Waals surface area (Å²) in [6.45, 7) is 8.26. The van der Waals surface area contributed by atoms with Crippen LogP contribution in [0.1, 0.15) is 33.2 Å². The van der Waals surface area contributed by atoms with E-state index < -0.39 is 43.0 Å². The molecule has 5 nitrogen and oxygen atoms in total. The minimum absolute atomic E-state index is 0.0122. The van der Waals surface area contributed by atoms with Crippen molar-refractivity contribution in [1.29, 1.82) is 5.26 Å². The van der Waals surface area contributed by atoms with Gasteiger partial charge in [-0.05, 0) is 154 Å². The quantitative estimate of drug-likeness (QED) is 0.0904. The third-order valence-corrected chi connectivity index (χ3v) is 17.8. The first-order valence-corrected chi connectivity index (χ1v) is 29.8. The first-order chi connectivity index (χ1) is 47.4. The van der Waals surface area contributed by atoms with Crippen LogP contribution in [-0.4, -0.2) is 11.3 Å². The van der Waals surface area contributed by atoms with E-state index in [1.54, 1.807) is 4.57 Å². The summed E-state index contributed by atoms with van der Waals surface area (Å²) in [7, 11) is 0. The standard InChI is InChI=1S/C83H56BN5/c1-86-66-33-19-32-63(49-66)65-43-45-76-80(51-65)89(55-74-69(60-27-10-4-11-28-60)38-21-39-70(74)61-29-12-5-13-30-61)82-48-57(53-87-77-40-16-14-34-71(77)72-35-15-17-41-78(72)87)47-81-83(82)84(76)75-44-42-64(62-31-18-22-56(46-62)52-85)50-79(75)88(81)54-73-67(58-23-6-2-7-24-58)36-20-37-68(73)59-25-8-3-9-26-59/h2-51H,53-55H2/i14D,15D,16D,17D,34D,35D,40D,41D. The summed E-state index contributed by atoms with van der Waals surface area (Å²) in [5.41, 5.74) is 22.4. The van der Waals surface area contributed by atoms with Crippen molar-refractivity contribution in [1.82, 2.24) is 4.57 Å². The van der Waals surface area contributed by atoms with Gasteiger partial charge in [-0.2, -0.15) is 5.26 Å². The molecule has 0 saturated carbocycles. The number of nitrogens with zero attached hydrogens (tertiary/aromatic N) is 5. The summed E-state index contributed by atoms with van der Waals surface area (Å²) < 4.78 is 76.1. The monoisotopic (exact) mass is 1140 g/mol. The molecule has 13 aromatic carbocycles. The Labute approximate surface area is 530 Å². The molecular weight excluding hydrogens is 1080 g/mol. The number of benzene rings is 13. The van der Waals surface area contributed by atoms with Gasteiger partial charge in [-0.25, -0.2) is 4.85 Å². The summed E-state index contributed by atoms with van der Waals surface area (Å²) in [6.07, 6.45) is 0. The number of aromatic nitrogens is 1. The molecule has 0 fully saturated rings. The zero-order chi connectivity index (χ0) is 66.3. The van der Waals surface area contributed by atoms with Crippen LogP contribution in [0.3, 0.4) is 0 Å². The molecule has 0 spiro atoms. The molecule has 1 aromatic heterocycles. The van der Waals surface area contributed by atoms with Gasteiger partial charge in [0, 0.05) is 64.2 Å². The van der Waals surface area contributed by atoms with Gasteiger partial charge in [0.05, 0.1) is 29.2 Å². The summed E-state index contributed by atoms with van der Waals surface area (Å²) in [4.78, 5) is 8.70. The van der Waals surface area contributed by atoms with Gasteiger partial charge in [-0.3, -0.25) is 0 Å². The molecule has 89 heavy (non-hydrogen) atoms. The molecule has 16 rings (SSSR count). The molecular formula is C83H56BN5. The molecule has 14 aromatic rings. The lowest BCUT2D eigenvalue weighted by Crippen LogP contribution is -2.62. The Morgan fingerprint density at radius 1 is 0.393 bits per heavy atom. The van der Waals surface area contributed by atoms with Gasteiger partial charge in [0.25, 0.3) is 6.71 Å². The molecule has 6 heteroatoms. The zero-order valence-electron chi connectivity index (χ0n) is 56.2. The molecule has 3 heterocycles. The second-order valence-corrected chi connectivity index (χ2v) is 22.7. The fraction of sp³-hybridized carbons (Fsp3) is 0.0361. The van der Waals surface area contributed by atoms with Crippen molar-refractivity contribution in [3.05, 3.63) is 337 Å². The maximum atomic E-state index is 10.3. The lowest BCUT2D eigenvalue weighted by Gasteiger charge is -2.45. The number of para-hydroxylation sites is 2. The topological polar surface area (TPSA) is 39.6 Å². The van der Waals surface area contributed by atoms with E-state index in [1.807, 2.05) is 72.8 Å². The van der Waals surface area contributed by atoms with Gasteiger partial charge in [-0.15, -0.1) is 0 Å². The van der Waals surface area contributed by atoms with E-state index in [1.165, 1.54) is 0 Å². The van der Waals surface area contributed by atoms with Crippen LogP contribution >= 0.6 is 0 Å². The highest BCUT2D eigenvalue weighted by Gasteiger charge is 2.44. The van der Waals surface area contributed by atoms with Gasteiger partial charge in [0.15, 0.2) is 5.69 Å². The largest absolute Gasteiger partial charge is 0.338 e. The molecule has 0 bridgehead atoms. The van der Waals surface area contributed by atoms with E-state index in [0.717, 1.165) is 117 Å². The average molecular weight is 1140 g/mol. The summed E-state index contributed by atoms with van der Waals surface area (Å²) >= 11 is 0. The Kier molecular flexibility index (Phi) is 11.2. The van der Waals surface area contributed by atoms with E-state index in [4.69, 9.17) is 12.1 Å². The Hall–Kier alpha value is -11.7. The summed E-state index contributed by atoms with van der Waals surface area (Å²) in [5.74, 6) is 0. The molecule has 2 aliphatic heterocycles. The van der Waals surface area contributed by atoms with E-state index in [0.29, 0.717) is 29.9 Å². The molecule has 416 valence electrons. The normalized spacial score (nSPS) is 13.3. The SMILES string of the molecule is [2H]c1c([2H])c([2H])c2c(c1[2H])c1c([2H])c([2H])c([2H])c([2H])c1n2Cc1cc2c3c(c1)N(Cc1c(-c4ccccc4)cccc1-c1ccccc1)c1cc(-c4cccc([N+]#[C-])c4)ccc1B3c1ccc(-c3cccc(C#N)c3)cc1N2Cc1c(-c2ccccc2)cccc1-c1ccccc1.